The molecule has 0 bridgehead atoms. The third-order valence-corrected chi connectivity index (χ3v) is 9.83. The van der Waals surface area contributed by atoms with Crippen LogP contribution in [0.1, 0.15) is 63.5 Å². The summed E-state index contributed by atoms with van der Waals surface area (Å²) in [4.78, 5) is 25.3. The van der Waals surface area contributed by atoms with Gasteiger partial charge >= 0.3 is 6.18 Å². The van der Waals surface area contributed by atoms with Gasteiger partial charge in [-0.3, -0.25) is 9.59 Å². The summed E-state index contributed by atoms with van der Waals surface area (Å²) in [6.45, 7) is 6.20. The van der Waals surface area contributed by atoms with E-state index in [1.54, 1.807) is 13.0 Å². The van der Waals surface area contributed by atoms with Crippen molar-refractivity contribution in [3.05, 3.63) is 41.5 Å². The first-order valence-corrected chi connectivity index (χ1v) is 12.4. The van der Waals surface area contributed by atoms with E-state index in [-0.39, 0.29) is 40.3 Å². The molecule has 5 rings (SSSR count). The van der Waals surface area contributed by atoms with Crippen molar-refractivity contribution in [2.45, 2.75) is 71.5 Å². The van der Waals surface area contributed by atoms with E-state index in [0.29, 0.717) is 23.3 Å². The highest BCUT2D eigenvalue weighted by Crippen LogP contribution is 2.65. The van der Waals surface area contributed by atoms with E-state index in [1.807, 2.05) is 0 Å². The van der Waals surface area contributed by atoms with Crippen molar-refractivity contribution in [1.82, 2.24) is 5.32 Å². The predicted molar refractivity (Wildman–Crippen MR) is 124 cm³/mol. The van der Waals surface area contributed by atoms with E-state index < -0.39 is 11.7 Å². The zero-order valence-corrected chi connectivity index (χ0v) is 20.0. The summed E-state index contributed by atoms with van der Waals surface area (Å²) in [5.74, 6) is 0.994. The molecule has 0 unspecified atom stereocenters. The molecule has 3 fully saturated rings. The maximum atomic E-state index is 13.4. The van der Waals surface area contributed by atoms with Crippen LogP contribution in [0.4, 0.5) is 18.9 Å². The average Bonchev–Trinajstić information content (AvgIpc) is 3.12. The summed E-state index contributed by atoms with van der Waals surface area (Å²) in [6, 6.07) is 3.68. The van der Waals surface area contributed by atoms with Crippen LogP contribution in [0.3, 0.4) is 0 Å². The summed E-state index contributed by atoms with van der Waals surface area (Å²) >= 11 is 0. The maximum Gasteiger partial charge on any atom is 0.416 e. The van der Waals surface area contributed by atoms with Crippen molar-refractivity contribution in [2.75, 3.05) is 5.32 Å². The Morgan fingerprint density at radius 1 is 1.09 bits per heavy atom. The molecule has 1 heterocycles. The van der Waals surface area contributed by atoms with Gasteiger partial charge in [-0.2, -0.15) is 13.2 Å². The van der Waals surface area contributed by atoms with Crippen LogP contribution in [-0.4, -0.2) is 17.9 Å². The second-order valence-corrected chi connectivity index (χ2v) is 11.4. The van der Waals surface area contributed by atoms with Crippen molar-refractivity contribution >= 4 is 17.5 Å². The number of amides is 2. The van der Waals surface area contributed by atoms with Crippen LogP contribution in [0.5, 0.6) is 0 Å². The smallest absolute Gasteiger partial charge is 0.349 e. The van der Waals surface area contributed by atoms with Gasteiger partial charge < -0.3 is 10.6 Å². The first-order chi connectivity index (χ1) is 15.9. The van der Waals surface area contributed by atoms with Gasteiger partial charge in [-0.05, 0) is 92.4 Å². The van der Waals surface area contributed by atoms with E-state index >= 15 is 0 Å². The first kappa shape index (κ1) is 23.4. The minimum Gasteiger partial charge on any atom is -0.349 e. The van der Waals surface area contributed by atoms with Crippen molar-refractivity contribution in [3.63, 3.8) is 0 Å². The van der Waals surface area contributed by atoms with Crippen LogP contribution in [0.2, 0.25) is 0 Å². The van der Waals surface area contributed by atoms with Gasteiger partial charge in [0.25, 0.3) is 0 Å². The molecule has 3 saturated carbocycles. The number of carbonyl (C=O) groups excluding carboxylic acids is 2. The van der Waals surface area contributed by atoms with E-state index in [4.69, 9.17) is 0 Å². The molecule has 184 valence electrons. The lowest BCUT2D eigenvalue weighted by Gasteiger charge is -2.58. The Morgan fingerprint density at radius 2 is 1.85 bits per heavy atom. The van der Waals surface area contributed by atoms with E-state index in [2.05, 4.69) is 30.6 Å². The zero-order valence-electron chi connectivity index (χ0n) is 20.0. The summed E-state index contributed by atoms with van der Waals surface area (Å²) < 4.78 is 39.6. The SMILES string of the molecule is Cc1ccc(C(F)(F)F)cc1NC(=O)[C@H]1CC[C@H]2[C@@H]3CC[C@H]4NC(=O)C=C[C@]4(C)[C@H]3CC[C@]12C. The molecule has 2 N–H and O–H groups in total. The first-order valence-electron chi connectivity index (χ1n) is 12.4. The van der Waals surface area contributed by atoms with Crippen LogP contribution >= 0.6 is 0 Å². The third kappa shape index (κ3) is 3.57. The summed E-state index contributed by atoms with van der Waals surface area (Å²) in [5, 5.41) is 6.02. The van der Waals surface area contributed by atoms with Gasteiger partial charge in [0.1, 0.15) is 0 Å². The largest absolute Gasteiger partial charge is 0.416 e. The summed E-state index contributed by atoms with van der Waals surface area (Å²) in [6.07, 6.45) is 4.98. The highest BCUT2D eigenvalue weighted by atomic mass is 19.4. The van der Waals surface area contributed by atoms with E-state index in [0.717, 1.165) is 50.7 Å². The van der Waals surface area contributed by atoms with Gasteiger partial charge in [-0.25, -0.2) is 0 Å². The van der Waals surface area contributed by atoms with E-state index in [1.165, 1.54) is 6.07 Å². The number of carbonyl (C=O) groups is 2. The standard InChI is InChI=1S/C27H33F3N2O2/c1-15-4-5-16(27(28,29)30)14-21(15)31-24(34)20-8-7-18-17-6-9-22-26(3,13-11-23(33)32-22)19(17)10-12-25(18,20)2/h4-5,11,13-14,17-20,22H,6-10,12H2,1-3H3,(H,31,34)(H,32,33)/t17-,18-,19-,20+,22+,25-,26+/m0/s1. The summed E-state index contributed by atoms with van der Waals surface area (Å²) in [7, 11) is 0. The Morgan fingerprint density at radius 3 is 2.59 bits per heavy atom. The molecule has 0 saturated heterocycles. The lowest BCUT2D eigenvalue weighted by atomic mass is 9.48. The van der Waals surface area contributed by atoms with Gasteiger partial charge in [0.2, 0.25) is 11.8 Å². The van der Waals surface area contributed by atoms with Gasteiger partial charge in [0.15, 0.2) is 0 Å². The number of hydrogen-bond acceptors (Lipinski definition) is 2. The van der Waals surface area contributed by atoms with Crippen LogP contribution in [0.25, 0.3) is 0 Å². The number of fused-ring (bicyclic) bond motifs is 5. The molecule has 1 aromatic rings. The molecule has 4 nitrogen and oxygen atoms in total. The molecule has 4 aliphatic rings. The maximum absolute atomic E-state index is 13.4. The number of hydrogen-bond donors (Lipinski definition) is 2. The Labute approximate surface area is 198 Å². The Bertz CT molecular complexity index is 1050. The molecule has 0 spiro atoms. The molecular weight excluding hydrogens is 441 g/mol. The number of halogens is 3. The Hall–Kier alpha value is -2.31. The highest BCUT2D eigenvalue weighted by Gasteiger charge is 2.60. The topological polar surface area (TPSA) is 58.2 Å². The minimum absolute atomic E-state index is 0.0101. The summed E-state index contributed by atoms with van der Waals surface area (Å²) in [5.41, 5.74) is -0.0972. The molecule has 34 heavy (non-hydrogen) atoms. The van der Waals surface area contributed by atoms with Crippen molar-refractivity contribution in [1.29, 1.82) is 0 Å². The van der Waals surface area contributed by atoms with Gasteiger partial charge in [0.05, 0.1) is 5.56 Å². The zero-order chi connectivity index (χ0) is 24.5. The second-order valence-electron chi connectivity index (χ2n) is 11.4. The molecule has 7 heteroatoms. The van der Waals surface area contributed by atoms with Gasteiger partial charge in [-0.1, -0.05) is 26.0 Å². The normalized spacial score (nSPS) is 39.0. The van der Waals surface area contributed by atoms with E-state index in [9.17, 15) is 22.8 Å². The molecule has 3 aliphatic carbocycles. The van der Waals surface area contributed by atoms with Crippen molar-refractivity contribution < 1.29 is 22.8 Å². The quantitative estimate of drug-likeness (QED) is 0.564. The lowest BCUT2D eigenvalue weighted by molar-refractivity contribution is -0.137. The number of alkyl halides is 3. The monoisotopic (exact) mass is 474 g/mol. The van der Waals surface area contributed by atoms with Gasteiger partial charge in [0, 0.05) is 23.1 Å². The molecular formula is C27H33F3N2O2. The molecule has 0 radical (unpaired) electrons. The van der Waals surface area contributed by atoms with Crippen molar-refractivity contribution in [2.24, 2.45) is 34.5 Å². The Balaban J connectivity index is 1.36. The molecule has 7 atom stereocenters. The van der Waals surface area contributed by atoms with Crippen LogP contribution in [0, 0.1) is 41.4 Å². The lowest BCUT2D eigenvalue weighted by Crippen LogP contribution is -2.59. The molecule has 1 aliphatic heterocycles. The van der Waals surface area contributed by atoms with Crippen molar-refractivity contribution in [3.8, 4) is 0 Å². The molecule has 1 aromatic carbocycles. The van der Waals surface area contributed by atoms with Crippen LogP contribution in [0.15, 0.2) is 30.4 Å². The number of benzene rings is 1. The fourth-order valence-electron chi connectivity index (χ4n) is 7.92. The average molecular weight is 475 g/mol. The second kappa shape index (κ2) is 7.85. The highest BCUT2D eigenvalue weighted by molar-refractivity contribution is 5.94. The molecule has 0 aromatic heterocycles. The third-order valence-electron chi connectivity index (χ3n) is 9.83. The fourth-order valence-corrected chi connectivity index (χ4v) is 7.92. The number of aryl methyl sites for hydroxylation is 1. The number of anilines is 1. The van der Waals surface area contributed by atoms with Crippen LogP contribution in [-0.2, 0) is 15.8 Å². The predicted octanol–water partition coefficient (Wildman–Crippen LogP) is 5.87. The number of rotatable bonds is 2. The van der Waals surface area contributed by atoms with Crippen LogP contribution < -0.4 is 10.6 Å². The van der Waals surface area contributed by atoms with Gasteiger partial charge in [-0.15, -0.1) is 0 Å². The molecule has 2 amide bonds. The number of nitrogens with one attached hydrogen (secondary N) is 2. The Kier molecular flexibility index (Phi) is 5.41. The fraction of sp³-hybridized carbons (Fsp3) is 0.630. The minimum atomic E-state index is -4.45.